The summed E-state index contributed by atoms with van der Waals surface area (Å²) in [6.07, 6.45) is 3.96. The highest BCUT2D eigenvalue weighted by Crippen LogP contribution is 2.28. The Kier molecular flexibility index (Phi) is 5.99. The van der Waals surface area contributed by atoms with Crippen LogP contribution < -0.4 is 4.74 Å². The van der Waals surface area contributed by atoms with Crippen molar-refractivity contribution in [1.29, 1.82) is 0 Å². The molecule has 30 heavy (non-hydrogen) atoms. The lowest BCUT2D eigenvalue weighted by Crippen LogP contribution is -2.10. The highest BCUT2D eigenvalue weighted by atomic mass is 16.5. The third kappa shape index (κ3) is 4.46. The fourth-order valence-corrected chi connectivity index (χ4v) is 3.89. The van der Waals surface area contributed by atoms with Crippen molar-refractivity contribution >= 4 is 0 Å². The van der Waals surface area contributed by atoms with Crippen LogP contribution >= 0.6 is 0 Å². The second-order valence-corrected chi connectivity index (χ2v) is 7.85. The van der Waals surface area contributed by atoms with Gasteiger partial charge in [-0.3, -0.25) is 0 Å². The molecule has 3 nitrogen and oxygen atoms in total. The van der Waals surface area contributed by atoms with Crippen LogP contribution in [0.1, 0.15) is 46.5 Å². The zero-order chi connectivity index (χ0) is 20.9. The van der Waals surface area contributed by atoms with Crippen LogP contribution in [-0.2, 0) is 13.2 Å². The van der Waals surface area contributed by atoms with Gasteiger partial charge in [-0.25, -0.2) is 4.98 Å². The zero-order valence-electron chi connectivity index (χ0n) is 17.9. The number of nitrogens with zero attached hydrogens (tertiary/aromatic N) is 2. The first-order valence-electron chi connectivity index (χ1n) is 10.4. The van der Waals surface area contributed by atoms with E-state index in [1.54, 1.807) is 0 Å². The molecule has 0 amide bonds. The van der Waals surface area contributed by atoms with Gasteiger partial charge in [0, 0.05) is 24.9 Å². The normalized spacial score (nSPS) is 12.0. The van der Waals surface area contributed by atoms with Gasteiger partial charge in [0.15, 0.2) is 0 Å². The lowest BCUT2D eigenvalue weighted by atomic mass is 9.93. The maximum atomic E-state index is 6.00. The van der Waals surface area contributed by atoms with Gasteiger partial charge in [-0.15, -0.1) is 0 Å². The molecule has 0 aliphatic heterocycles. The quantitative estimate of drug-likeness (QED) is 0.368. The van der Waals surface area contributed by atoms with Crippen LogP contribution in [0.3, 0.4) is 0 Å². The van der Waals surface area contributed by atoms with Gasteiger partial charge < -0.3 is 9.30 Å². The maximum absolute atomic E-state index is 6.00. The molecule has 0 spiro atoms. The Morgan fingerprint density at radius 3 is 2.50 bits per heavy atom. The van der Waals surface area contributed by atoms with Gasteiger partial charge in [0.05, 0.1) is 0 Å². The Hall–Kier alpha value is -3.33. The van der Waals surface area contributed by atoms with E-state index in [1.165, 1.54) is 27.8 Å². The molecular weight excluding hydrogens is 368 g/mol. The maximum Gasteiger partial charge on any atom is 0.120 e. The summed E-state index contributed by atoms with van der Waals surface area (Å²) < 4.78 is 8.24. The smallest absolute Gasteiger partial charge is 0.120 e. The summed E-state index contributed by atoms with van der Waals surface area (Å²) in [7, 11) is 0. The number of aromatic nitrogens is 2. The predicted molar refractivity (Wildman–Crippen MR) is 122 cm³/mol. The van der Waals surface area contributed by atoms with E-state index >= 15 is 0 Å². The molecule has 4 rings (SSSR count). The number of ether oxygens (including phenoxy) is 1. The van der Waals surface area contributed by atoms with E-state index in [4.69, 9.17) is 4.74 Å². The van der Waals surface area contributed by atoms with Crippen LogP contribution in [0.25, 0.3) is 0 Å². The minimum absolute atomic E-state index is 0.234. The molecule has 0 aliphatic carbocycles. The highest BCUT2D eigenvalue weighted by Gasteiger charge is 2.17. The van der Waals surface area contributed by atoms with E-state index in [0.717, 1.165) is 18.1 Å². The number of rotatable bonds is 7. The number of aryl methyl sites for hydroxylation is 1. The zero-order valence-corrected chi connectivity index (χ0v) is 17.9. The average Bonchev–Trinajstić information content (AvgIpc) is 3.23. The molecule has 3 aromatic carbocycles. The van der Waals surface area contributed by atoms with Crippen molar-refractivity contribution < 1.29 is 4.74 Å². The SMILES string of the molecule is Cc1cccc([C@H](C)c2nccn2Cc2cccc(OCc3ccccc3)c2)c1C. The van der Waals surface area contributed by atoms with E-state index in [9.17, 15) is 0 Å². The number of hydrogen-bond donors (Lipinski definition) is 0. The molecular formula is C27H28N2O. The van der Waals surface area contributed by atoms with Crippen LogP contribution in [0.2, 0.25) is 0 Å². The Morgan fingerprint density at radius 1 is 0.900 bits per heavy atom. The van der Waals surface area contributed by atoms with Crippen molar-refractivity contribution in [3.05, 3.63) is 119 Å². The Bertz CT molecular complexity index is 1110. The molecule has 0 saturated heterocycles. The van der Waals surface area contributed by atoms with Crippen molar-refractivity contribution in [3.63, 3.8) is 0 Å². The number of benzene rings is 3. The number of hydrogen-bond acceptors (Lipinski definition) is 2. The molecule has 0 fully saturated rings. The lowest BCUT2D eigenvalue weighted by Gasteiger charge is -2.18. The van der Waals surface area contributed by atoms with Crippen LogP contribution in [-0.4, -0.2) is 9.55 Å². The lowest BCUT2D eigenvalue weighted by molar-refractivity contribution is 0.306. The average molecular weight is 397 g/mol. The summed E-state index contributed by atoms with van der Waals surface area (Å²) in [5.41, 5.74) is 6.37. The molecule has 3 heteroatoms. The standard InChI is InChI=1S/C27H28N2O/c1-20-9-7-14-26(21(20)2)22(3)27-28-15-16-29(27)18-24-12-8-13-25(17-24)30-19-23-10-5-4-6-11-23/h4-17,22H,18-19H2,1-3H3/t22-/m0/s1. The molecule has 1 aromatic heterocycles. The first-order chi connectivity index (χ1) is 14.6. The van der Waals surface area contributed by atoms with E-state index in [0.29, 0.717) is 6.61 Å². The first-order valence-corrected chi connectivity index (χ1v) is 10.4. The van der Waals surface area contributed by atoms with Gasteiger partial charge in [0.2, 0.25) is 0 Å². The minimum atomic E-state index is 0.234. The summed E-state index contributed by atoms with van der Waals surface area (Å²) in [6.45, 7) is 7.94. The van der Waals surface area contributed by atoms with Gasteiger partial charge in [-0.05, 0) is 53.8 Å². The molecule has 1 atom stereocenters. The fraction of sp³-hybridized carbons (Fsp3) is 0.222. The monoisotopic (exact) mass is 396 g/mol. The molecule has 0 radical (unpaired) electrons. The van der Waals surface area contributed by atoms with Crippen molar-refractivity contribution in [1.82, 2.24) is 9.55 Å². The van der Waals surface area contributed by atoms with Crippen LogP contribution in [0.4, 0.5) is 0 Å². The number of imidazole rings is 1. The van der Waals surface area contributed by atoms with Crippen LogP contribution in [0.15, 0.2) is 85.2 Å². The van der Waals surface area contributed by atoms with E-state index in [-0.39, 0.29) is 5.92 Å². The van der Waals surface area contributed by atoms with Gasteiger partial charge in [0.25, 0.3) is 0 Å². The summed E-state index contributed by atoms with van der Waals surface area (Å²) in [6, 6.07) is 25.1. The van der Waals surface area contributed by atoms with E-state index in [1.807, 2.05) is 30.5 Å². The van der Waals surface area contributed by atoms with Gasteiger partial charge >= 0.3 is 0 Å². The van der Waals surface area contributed by atoms with Gasteiger partial charge in [-0.1, -0.05) is 67.6 Å². The fourth-order valence-electron chi connectivity index (χ4n) is 3.89. The summed E-state index contributed by atoms with van der Waals surface area (Å²) in [5.74, 6) is 2.21. The molecule has 152 valence electrons. The van der Waals surface area contributed by atoms with Crippen LogP contribution in [0.5, 0.6) is 5.75 Å². The van der Waals surface area contributed by atoms with Crippen molar-refractivity contribution in [3.8, 4) is 5.75 Å². The summed E-state index contributed by atoms with van der Waals surface area (Å²) in [5, 5.41) is 0. The molecule has 0 unspecified atom stereocenters. The molecule has 0 bridgehead atoms. The Balaban J connectivity index is 1.50. The Labute approximate surface area is 179 Å². The second-order valence-electron chi connectivity index (χ2n) is 7.85. The minimum Gasteiger partial charge on any atom is -0.489 e. The third-order valence-corrected chi connectivity index (χ3v) is 5.75. The summed E-state index contributed by atoms with van der Waals surface area (Å²) in [4.78, 5) is 4.69. The molecule has 0 aliphatic rings. The third-order valence-electron chi connectivity index (χ3n) is 5.75. The first kappa shape index (κ1) is 20.0. The second kappa shape index (κ2) is 9.00. The highest BCUT2D eigenvalue weighted by molar-refractivity contribution is 5.38. The van der Waals surface area contributed by atoms with Gasteiger partial charge in [-0.2, -0.15) is 0 Å². The van der Waals surface area contributed by atoms with E-state index < -0.39 is 0 Å². The van der Waals surface area contributed by atoms with E-state index in [2.05, 4.69) is 85.1 Å². The molecule has 0 saturated carbocycles. The molecule has 4 aromatic rings. The van der Waals surface area contributed by atoms with Crippen molar-refractivity contribution in [2.24, 2.45) is 0 Å². The van der Waals surface area contributed by atoms with Crippen LogP contribution in [0, 0.1) is 13.8 Å². The van der Waals surface area contributed by atoms with Gasteiger partial charge in [0.1, 0.15) is 18.2 Å². The largest absolute Gasteiger partial charge is 0.489 e. The summed E-state index contributed by atoms with van der Waals surface area (Å²) >= 11 is 0. The van der Waals surface area contributed by atoms with Crippen molar-refractivity contribution in [2.45, 2.75) is 39.8 Å². The topological polar surface area (TPSA) is 27.1 Å². The molecule has 0 N–H and O–H groups in total. The van der Waals surface area contributed by atoms with Crippen molar-refractivity contribution in [2.75, 3.05) is 0 Å². The Morgan fingerprint density at radius 2 is 1.67 bits per heavy atom. The molecule has 1 heterocycles. The predicted octanol–water partition coefficient (Wildman–Crippen LogP) is 6.28.